The van der Waals surface area contributed by atoms with E-state index in [1.165, 1.54) is 12.1 Å². The van der Waals surface area contributed by atoms with Crippen molar-refractivity contribution in [3.8, 4) is 0 Å². The van der Waals surface area contributed by atoms with Gasteiger partial charge in [-0.1, -0.05) is 0 Å². The van der Waals surface area contributed by atoms with Crippen LogP contribution in [0.3, 0.4) is 0 Å². The molecule has 88 valence electrons. The van der Waals surface area contributed by atoms with E-state index >= 15 is 0 Å². The normalized spacial score (nSPS) is 25.9. The summed E-state index contributed by atoms with van der Waals surface area (Å²) in [6.07, 6.45) is 0. The van der Waals surface area contributed by atoms with Gasteiger partial charge in [-0.05, 0) is 26.0 Å². The highest BCUT2D eigenvalue weighted by Crippen LogP contribution is 2.21. The molecule has 0 bridgehead atoms. The fraction of sp³-hybridized carbons (Fsp3) is 0.500. The first-order valence-electron chi connectivity index (χ1n) is 5.53. The quantitative estimate of drug-likeness (QED) is 0.789. The summed E-state index contributed by atoms with van der Waals surface area (Å²) in [4.78, 5) is 2.10. The summed E-state index contributed by atoms with van der Waals surface area (Å²) in [6.45, 7) is 5.82. The zero-order valence-corrected chi connectivity index (χ0v) is 9.50. The Morgan fingerprint density at radius 3 is 2.69 bits per heavy atom. The number of nitrogens with one attached hydrogen (secondary N) is 1. The molecule has 1 N–H and O–H groups in total. The van der Waals surface area contributed by atoms with Gasteiger partial charge in [0.25, 0.3) is 0 Å². The predicted molar refractivity (Wildman–Crippen MR) is 60.6 cm³/mol. The van der Waals surface area contributed by atoms with E-state index in [0.29, 0.717) is 12.1 Å². The van der Waals surface area contributed by atoms with Gasteiger partial charge in [0.05, 0.1) is 0 Å². The van der Waals surface area contributed by atoms with Crippen molar-refractivity contribution in [3.63, 3.8) is 0 Å². The molecule has 2 unspecified atom stereocenters. The van der Waals surface area contributed by atoms with Gasteiger partial charge in [0.15, 0.2) is 11.6 Å². The Labute approximate surface area is 94.3 Å². The maximum absolute atomic E-state index is 13.1. The van der Waals surface area contributed by atoms with Crippen LogP contribution in [0.15, 0.2) is 18.2 Å². The molecule has 1 saturated heterocycles. The van der Waals surface area contributed by atoms with Gasteiger partial charge < -0.3 is 10.2 Å². The molecule has 4 heteroatoms. The zero-order chi connectivity index (χ0) is 11.7. The molecule has 0 aromatic heterocycles. The molecule has 0 saturated carbocycles. The van der Waals surface area contributed by atoms with Crippen molar-refractivity contribution < 1.29 is 8.78 Å². The number of halogens is 2. The van der Waals surface area contributed by atoms with Crippen LogP contribution in [-0.4, -0.2) is 25.2 Å². The summed E-state index contributed by atoms with van der Waals surface area (Å²) in [6, 6.07) is 4.74. The minimum absolute atomic E-state index is 0.293. The van der Waals surface area contributed by atoms with Crippen LogP contribution in [-0.2, 0) is 0 Å². The lowest BCUT2D eigenvalue weighted by Gasteiger charge is -2.39. The fourth-order valence-electron chi connectivity index (χ4n) is 2.05. The molecule has 2 rings (SSSR count). The lowest BCUT2D eigenvalue weighted by atomic mass is 10.1. The van der Waals surface area contributed by atoms with Crippen molar-refractivity contribution in [1.82, 2.24) is 5.32 Å². The van der Waals surface area contributed by atoms with Crippen LogP contribution in [0.4, 0.5) is 14.5 Å². The Bertz CT molecular complexity index is 381. The van der Waals surface area contributed by atoms with Crippen LogP contribution in [0.5, 0.6) is 0 Å². The third-order valence-electron chi connectivity index (χ3n) is 3.00. The molecular formula is C12H16F2N2. The standard InChI is InChI=1S/C12H16F2N2/c1-8-7-16(9(2)6-15-8)10-3-4-11(13)12(14)5-10/h3-5,8-9,15H,6-7H2,1-2H3. The first kappa shape index (κ1) is 11.3. The summed E-state index contributed by atoms with van der Waals surface area (Å²) in [5.74, 6) is -1.57. The first-order valence-corrected chi connectivity index (χ1v) is 5.53. The van der Waals surface area contributed by atoms with Crippen molar-refractivity contribution in [3.05, 3.63) is 29.8 Å². The summed E-state index contributed by atoms with van der Waals surface area (Å²) in [5, 5.41) is 3.35. The number of nitrogens with zero attached hydrogens (tertiary/aromatic N) is 1. The van der Waals surface area contributed by atoms with Crippen LogP contribution in [0.2, 0.25) is 0 Å². The van der Waals surface area contributed by atoms with Gasteiger partial charge in [0.1, 0.15) is 0 Å². The van der Waals surface area contributed by atoms with E-state index < -0.39 is 11.6 Å². The van der Waals surface area contributed by atoms with E-state index in [1.54, 1.807) is 6.07 Å². The van der Waals surface area contributed by atoms with Crippen LogP contribution in [0.25, 0.3) is 0 Å². The first-order chi connectivity index (χ1) is 7.58. The Hall–Kier alpha value is -1.16. The van der Waals surface area contributed by atoms with Gasteiger partial charge in [-0.25, -0.2) is 8.78 Å². The number of piperazine rings is 1. The maximum atomic E-state index is 13.1. The summed E-state index contributed by atoms with van der Waals surface area (Å²) in [7, 11) is 0. The van der Waals surface area contributed by atoms with E-state index in [-0.39, 0.29) is 0 Å². The zero-order valence-electron chi connectivity index (χ0n) is 9.50. The highest BCUT2D eigenvalue weighted by atomic mass is 19.2. The van der Waals surface area contributed by atoms with Crippen molar-refractivity contribution in [2.45, 2.75) is 25.9 Å². The largest absolute Gasteiger partial charge is 0.366 e. The Balaban J connectivity index is 2.24. The molecule has 1 aromatic carbocycles. The van der Waals surface area contributed by atoms with Gasteiger partial charge in [-0.15, -0.1) is 0 Å². The smallest absolute Gasteiger partial charge is 0.160 e. The molecule has 1 heterocycles. The van der Waals surface area contributed by atoms with Gasteiger partial charge in [0.2, 0.25) is 0 Å². The van der Waals surface area contributed by atoms with Crippen LogP contribution >= 0.6 is 0 Å². The SMILES string of the molecule is CC1CN(c2ccc(F)c(F)c2)C(C)CN1. The molecule has 0 amide bonds. The van der Waals surface area contributed by atoms with Crippen molar-refractivity contribution in [2.24, 2.45) is 0 Å². The predicted octanol–water partition coefficient (Wildman–Crippen LogP) is 2.15. The average molecular weight is 226 g/mol. The number of rotatable bonds is 1. The van der Waals surface area contributed by atoms with E-state index in [0.717, 1.165) is 18.8 Å². The van der Waals surface area contributed by atoms with Gasteiger partial charge in [-0.3, -0.25) is 0 Å². The topological polar surface area (TPSA) is 15.3 Å². The van der Waals surface area contributed by atoms with Crippen molar-refractivity contribution in [2.75, 3.05) is 18.0 Å². The number of hydrogen-bond donors (Lipinski definition) is 1. The van der Waals surface area contributed by atoms with E-state index in [9.17, 15) is 8.78 Å². The van der Waals surface area contributed by atoms with Gasteiger partial charge in [0, 0.05) is 36.9 Å². The van der Waals surface area contributed by atoms with Crippen molar-refractivity contribution >= 4 is 5.69 Å². The number of anilines is 1. The second kappa shape index (κ2) is 4.37. The second-order valence-corrected chi connectivity index (χ2v) is 4.41. The lowest BCUT2D eigenvalue weighted by Crippen LogP contribution is -2.54. The molecule has 2 atom stereocenters. The summed E-state index contributed by atoms with van der Waals surface area (Å²) >= 11 is 0. The molecule has 2 nitrogen and oxygen atoms in total. The second-order valence-electron chi connectivity index (χ2n) is 4.41. The fourth-order valence-corrected chi connectivity index (χ4v) is 2.05. The van der Waals surface area contributed by atoms with Crippen LogP contribution in [0.1, 0.15) is 13.8 Å². The molecule has 1 aliphatic heterocycles. The summed E-state index contributed by atoms with van der Waals surface area (Å²) < 4.78 is 26.0. The van der Waals surface area contributed by atoms with Gasteiger partial charge in [-0.2, -0.15) is 0 Å². The molecular weight excluding hydrogens is 210 g/mol. The minimum atomic E-state index is -0.792. The van der Waals surface area contributed by atoms with Crippen molar-refractivity contribution in [1.29, 1.82) is 0 Å². The van der Waals surface area contributed by atoms with E-state index in [2.05, 4.69) is 24.1 Å². The molecule has 1 aliphatic rings. The third-order valence-corrected chi connectivity index (χ3v) is 3.00. The monoisotopic (exact) mass is 226 g/mol. The highest BCUT2D eigenvalue weighted by molar-refractivity contribution is 5.48. The molecule has 0 aliphatic carbocycles. The molecule has 16 heavy (non-hydrogen) atoms. The summed E-state index contributed by atoms with van der Waals surface area (Å²) in [5.41, 5.74) is 0.750. The highest BCUT2D eigenvalue weighted by Gasteiger charge is 2.23. The lowest BCUT2D eigenvalue weighted by molar-refractivity contribution is 0.423. The third kappa shape index (κ3) is 2.16. The maximum Gasteiger partial charge on any atom is 0.160 e. The van der Waals surface area contributed by atoms with E-state index in [4.69, 9.17) is 0 Å². The Kier molecular flexibility index (Phi) is 3.10. The number of benzene rings is 1. The van der Waals surface area contributed by atoms with E-state index in [1.807, 2.05) is 0 Å². The Morgan fingerprint density at radius 1 is 1.25 bits per heavy atom. The molecule has 1 fully saturated rings. The molecule has 1 aromatic rings. The van der Waals surface area contributed by atoms with Gasteiger partial charge >= 0.3 is 0 Å². The number of hydrogen-bond acceptors (Lipinski definition) is 2. The minimum Gasteiger partial charge on any atom is -0.366 e. The van der Waals surface area contributed by atoms with Crippen LogP contribution in [0, 0.1) is 11.6 Å². The molecule has 0 spiro atoms. The average Bonchev–Trinajstić information content (AvgIpc) is 2.26. The molecule has 0 radical (unpaired) electrons. The Morgan fingerprint density at radius 2 is 2.00 bits per heavy atom. The van der Waals surface area contributed by atoms with Crippen LogP contribution < -0.4 is 10.2 Å².